The summed E-state index contributed by atoms with van der Waals surface area (Å²) in [5, 5.41) is 10.1. The summed E-state index contributed by atoms with van der Waals surface area (Å²) in [6, 6.07) is 21.2. The highest BCUT2D eigenvalue weighted by atomic mass is 16.5. The van der Waals surface area contributed by atoms with Crippen LogP contribution in [0.25, 0.3) is 0 Å². The molecule has 4 rings (SSSR count). The molecule has 0 spiro atoms. The van der Waals surface area contributed by atoms with Crippen molar-refractivity contribution in [2.45, 2.75) is 62.3 Å². The lowest BCUT2D eigenvalue weighted by Gasteiger charge is -2.46. The van der Waals surface area contributed by atoms with Gasteiger partial charge in [-0.25, -0.2) is 0 Å². The molecule has 1 aliphatic carbocycles. The molecule has 1 heterocycles. The summed E-state index contributed by atoms with van der Waals surface area (Å²) in [6.45, 7) is 4.03. The number of nitrogens with zero attached hydrogens (tertiary/aromatic N) is 2. The number of rotatable bonds is 6. The fraction of sp³-hybridized carbons (Fsp3) is 0.500. The number of nitriles is 1. The quantitative estimate of drug-likeness (QED) is 0.585. The van der Waals surface area contributed by atoms with Crippen LogP contribution in [-0.4, -0.2) is 43.7 Å². The molecule has 5 heteroatoms. The Morgan fingerprint density at radius 3 is 2.18 bits per heavy atom. The molecule has 33 heavy (non-hydrogen) atoms. The summed E-state index contributed by atoms with van der Waals surface area (Å²) in [7, 11) is 1.66. The summed E-state index contributed by atoms with van der Waals surface area (Å²) in [5.74, 6) is 0.722. The molecule has 1 saturated carbocycles. The summed E-state index contributed by atoms with van der Waals surface area (Å²) >= 11 is 0. The van der Waals surface area contributed by atoms with Gasteiger partial charge in [0, 0.05) is 6.04 Å². The van der Waals surface area contributed by atoms with E-state index < -0.39 is 10.8 Å². The van der Waals surface area contributed by atoms with Gasteiger partial charge in [-0.15, -0.1) is 0 Å². The topological polar surface area (TPSA) is 62.6 Å². The standard InChI is InChI=1S/C28H34N2O3/c1-3-33-26(31)28(23-7-5-4-6-8-23)17-19-30(20-18-28)24-13-15-27(21-29,16-14-24)22-9-11-25(32-2)12-10-22/h4-12,24H,3,13-20H2,1-2H3. The van der Waals surface area contributed by atoms with Gasteiger partial charge in [-0.05, 0) is 81.8 Å². The number of ether oxygens (including phenoxy) is 2. The van der Waals surface area contributed by atoms with Crippen LogP contribution in [0.15, 0.2) is 54.6 Å². The van der Waals surface area contributed by atoms with E-state index >= 15 is 0 Å². The lowest BCUT2D eigenvalue weighted by atomic mass is 9.68. The highest BCUT2D eigenvalue weighted by Gasteiger charge is 2.46. The number of likely N-dealkylation sites (tertiary alicyclic amines) is 1. The number of hydrogen-bond donors (Lipinski definition) is 0. The van der Waals surface area contributed by atoms with E-state index in [0.29, 0.717) is 12.6 Å². The minimum absolute atomic E-state index is 0.0949. The van der Waals surface area contributed by atoms with Gasteiger partial charge in [0.1, 0.15) is 5.75 Å². The van der Waals surface area contributed by atoms with Crippen LogP contribution < -0.4 is 4.74 Å². The lowest BCUT2D eigenvalue weighted by molar-refractivity contribution is -0.152. The van der Waals surface area contributed by atoms with Gasteiger partial charge in [-0.2, -0.15) is 5.26 Å². The Balaban J connectivity index is 1.43. The van der Waals surface area contributed by atoms with E-state index in [1.165, 1.54) is 0 Å². The van der Waals surface area contributed by atoms with Crippen molar-refractivity contribution in [3.05, 3.63) is 65.7 Å². The maximum atomic E-state index is 13.0. The predicted molar refractivity (Wildman–Crippen MR) is 128 cm³/mol. The SMILES string of the molecule is CCOC(=O)C1(c2ccccc2)CCN(C2CCC(C#N)(c3ccc(OC)cc3)CC2)CC1. The van der Waals surface area contributed by atoms with E-state index in [-0.39, 0.29) is 5.97 Å². The van der Waals surface area contributed by atoms with Gasteiger partial charge in [0.2, 0.25) is 0 Å². The Bertz CT molecular complexity index is 964. The van der Waals surface area contributed by atoms with Crippen molar-refractivity contribution in [3.8, 4) is 11.8 Å². The largest absolute Gasteiger partial charge is 0.497 e. The van der Waals surface area contributed by atoms with Gasteiger partial charge in [-0.1, -0.05) is 42.5 Å². The zero-order valence-electron chi connectivity index (χ0n) is 19.8. The lowest BCUT2D eigenvalue weighted by Crippen LogP contribution is -2.52. The third-order valence-corrected chi connectivity index (χ3v) is 7.83. The average Bonchev–Trinajstić information content (AvgIpc) is 2.89. The maximum absolute atomic E-state index is 13.0. The molecular weight excluding hydrogens is 412 g/mol. The summed E-state index contributed by atoms with van der Waals surface area (Å²) in [5.41, 5.74) is 1.18. The van der Waals surface area contributed by atoms with E-state index in [1.54, 1.807) is 7.11 Å². The zero-order valence-corrected chi connectivity index (χ0v) is 19.8. The van der Waals surface area contributed by atoms with E-state index in [1.807, 2.05) is 49.4 Å². The van der Waals surface area contributed by atoms with E-state index in [4.69, 9.17) is 9.47 Å². The van der Waals surface area contributed by atoms with E-state index in [9.17, 15) is 10.1 Å². The third-order valence-electron chi connectivity index (χ3n) is 7.83. The van der Waals surface area contributed by atoms with Crippen molar-refractivity contribution in [2.24, 2.45) is 0 Å². The van der Waals surface area contributed by atoms with Crippen LogP contribution in [0.4, 0.5) is 0 Å². The van der Waals surface area contributed by atoms with Crippen molar-refractivity contribution < 1.29 is 14.3 Å². The predicted octanol–water partition coefficient (Wildman–Crippen LogP) is 5.00. The van der Waals surface area contributed by atoms with Crippen LogP contribution >= 0.6 is 0 Å². The molecule has 0 unspecified atom stereocenters. The molecule has 2 aromatic rings. The van der Waals surface area contributed by atoms with E-state index in [0.717, 1.165) is 68.5 Å². The van der Waals surface area contributed by atoms with Crippen molar-refractivity contribution in [3.63, 3.8) is 0 Å². The van der Waals surface area contributed by atoms with Gasteiger partial charge < -0.3 is 14.4 Å². The molecule has 2 fully saturated rings. The number of methoxy groups -OCH3 is 1. The number of hydrogen-bond acceptors (Lipinski definition) is 5. The molecule has 0 amide bonds. The summed E-state index contributed by atoms with van der Waals surface area (Å²) in [6.07, 6.45) is 5.26. The van der Waals surface area contributed by atoms with Gasteiger partial charge in [0.15, 0.2) is 0 Å². The highest BCUT2D eigenvalue weighted by Crippen LogP contribution is 2.43. The molecule has 2 aliphatic rings. The first-order chi connectivity index (χ1) is 16.1. The third kappa shape index (κ3) is 4.50. The molecule has 2 aromatic carbocycles. The Labute approximate surface area is 197 Å². The monoisotopic (exact) mass is 446 g/mol. The molecule has 0 aromatic heterocycles. The Hall–Kier alpha value is -2.84. The van der Waals surface area contributed by atoms with Gasteiger partial charge in [-0.3, -0.25) is 4.79 Å². The Morgan fingerprint density at radius 2 is 1.64 bits per heavy atom. The highest BCUT2D eigenvalue weighted by molar-refractivity contribution is 5.83. The fourth-order valence-corrected chi connectivity index (χ4v) is 5.74. The van der Waals surface area contributed by atoms with Crippen molar-refractivity contribution in [2.75, 3.05) is 26.8 Å². The molecular formula is C28H34N2O3. The van der Waals surface area contributed by atoms with Gasteiger partial charge in [0.25, 0.3) is 0 Å². The zero-order chi connectivity index (χ0) is 23.3. The second-order valence-electron chi connectivity index (χ2n) is 9.36. The van der Waals surface area contributed by atoms with Crippen molar-refractivity contribution in [1.29, 1.82) is 5.26 Å². The number of carbonyl (C=O) groups is 1. The summed E-state index contributed by atoms with van der Waals surface area (Å²) in [4.78, 5) is 15.6. The van der Waals surface area contributed by atoms with Crippen molar-refractivity contribution >= 4 is 5.97 Å². The van der Waals surface area contributed by atoms with Crippen LogP contribution in [0.5, 0.6) is 5.75 Å². The van der Waals surface area contributed by atoms with Gasteiger partial charge in [0.05, 0.1) is 30.6 Å². The van der Waals surface area contributed by atoms with E-state index in [2.05, 4.69) is 23.1 Å². The first kappa shape index (κ1) is 23.3. The Morgan fingerprint density at radius 1 is 1.00 bits per heavy atom. The van der Waals surface area contributed by atoms with Crippen LogP contribution in [0.3, 0.4) is 0 Å². The molecule has 5 nitrogen and oxygen atoms in total. The minimum Gasteiger partial charge on any atom is -0.497 e. The molecule has 0 atom stereocenters. The van der Waals surface area contributed by atoms with Crippen LogP contribution in [0, 0.1) is 11.3 Å². The number of benzene rings is 2. The van der Waals surface area contributed by atoms with Crippen LogP contribution in [-0.2, 0) is 20.4 Å². The normalized spacial score (nSPS) is 25.1. The number of carbonyl (C=O) groups excluding carboxylic acids is 1. The molecule has 0 radical (unpaired) electrons. The Kier molecular flexibility index (Phi) is 7.05. The molecule has 1 aliphatic heterocycles. The number of esters is 1. The smallest absolute Gasteiger partial charge is 0.316 e. The molecule has 0 N–H and O–H groups in total. The molecule has 174 valence electrons. The first-order valence-corrected chi connectivity index (χ1v) is 12.1. The van der Waals surface area contributed by atoms with Crippen LogP contribution in [0.1, 0.15) is 56.6 Å². The molecule has 1 saturated heterocycles. The summed E-state index contributed by atoms with van der Waals surface area (Å²) < 4.78 is 10.8. The van der Waals surface area contributed by atoms with Crippen molar-refractivity contribution in [1.82, 2.24) is 4.90 Å². The van der Waals surface area contributed by atoms with Crippen LogP contribution in [0.2, 0.25) is 0 Å². The minimum atomic E-state index is -0.554. The average molecular weight is 447 g/mol. The first-order valence-electron chi connectivity index (χ1n) is 12.1. The number of piperidine rings is 1. The molecule has 0 bridgehead atoms. The maximum Gasteiger partial charge on any atom is 0.316 e. The fourth-order valence-electron chi connectivity index (χ4n) is 5.74. The second-order valence-corrected chi connectivity index (χ2v) is 9.36. The second kappa shape index (κ2) is 9.97. The van der Waals surface area contributed by atoms with Gasteiger partial charge >= 0.3 is 5.97 Å².